The minimum absolute atomic E-state index is 0.0181. The molecular weight excluding hydrogens is 254 g/mol. The van der Waals surface area contributed by atoms with Gasteiger partial charge in [0.2, 0.25) is 0 Å². The van der Waals surface area contributed by atoms with Gasteiger partial charge in [0.1, 0.15) is 0 Å². The predicted octanol–water partition coefficient (Wildman–Crippen LogP) is 3.02. The Bertz CT molecular complexity index is 402. The molecule has 0 heterocycles. The van der Waals surface area contributed by atoms with Gasteiger partial charge in [-0.3, -0.25) is 4.79 Å². The van der Waals surface area contributed by atoms with Gasteiger partial charge in [0.15, 0.2) is 18.1 Å². The van der Waals surface area contributed by atoms with Gasteiger partial charge in [-0.15, -0.1) is 0 Å². The summed E-state index contributed by atoms with van der Waals surface area (Å²) in [5.41, 5.74) is 0. The van der Waals surface area contributed by atoms with Gasteiger partial charge in [-0.05, 0) is 25.0 Å². The van der Waals surface area contributed by atoms with Crippen molar-refractivity contribution < 1.29 is 14.3 Å². The second-order valence-electron chi connectivity index (χ2n) is 4.66. The number of carbonyl (C=O) groups excluding carboxylic acids is 1. The Labute approximate surface area is 121 Å². The van der Waals surface area contributed by atoms with E-state index in [-0.39, 0.29) is 12.5 Å². The van der Waals surface area contributed by atoms with E-state index in [1.54, 1.807) is 6.07 Å². The number of benzene rings is 1. The second kappa shape index (κ2) is 9.23. The molecule has 0 unspecified atom stereocenters. The standard InChI is InChI=1S/C16H25NO3/c1-4-13(5-2)11-17-16(18)12-20-15-10-8-7-9-14(15)19-6-3/h7-10,13H,4-6,11-12H2,1-3H3,(H,17,18). The zero-order valence-corrected chi connectivity index (χ0v) is 12.6. The Morgan fingerprint density at radius 3 is 2.25 bits per heavy atom. The van der Waals surface area contributed by atoms with E-state index in [4.69, 9.17) is 9.47 Å². The number of ether oxygens (including phenoxy) is 2. The van der Waals surface area contributed by atoms with Crippen molar-refractivity contribution in [2.45, 2.75) is 33.6 Å². The van der Waals surface area contributed by atoms with Gasteiger partial charge in [-0.2, -0.15) is 0 Å². The van der Waals surface area contributed by atoms with Crippen LogP contribution in [0, 0.1) is 5.92 Å². The number of hydrogen-bond acceptors (Lipinski definition) is 3. The average Bonchev–Trinajstić information content (AvgIpc) is 2.47. The van der Waals surface area contributed by atoms with Crippen molar-refractivity contribution in [2.24, 2.45) is 5.92 Å². The highest BCUT2D eigenvalue weighted by Gasteiger charge is 2.09. The first kappa shape index (κ1) is 16.3. The van der Waals surface area contributed by atoms with Gasteiger partial charge < -0.3 is 14.8 Å². The molecule has 1 rings (SSSR count). The van der Waals surface area contributed by atoms with Gasteiger partial charge in [0, 0.05) is 6.54 Å². The average molecular weight is 279 g/mol. The molecule has 4 nitrogen and oxygen atoms in total. The summed E-state index contributed by atoms with van der Waals surface area (Å²) in [6.07, 6.45) is 2.15. The highest BCUT2D eigenvalue weighted by molar-refractivity contribution is 5.77. The van der Waals surface area contributed by atoms with E-state index < -0.39 is 0 Å². The maximum atomic E-state index is 11.7. The summed E-state index contributed by atoms with van der Waals surface area (Å²) in [5, 5.41) is 2.90. The van der Waals surface area contributed by atoms with Crippen LogP contribution in [0.4, 0.5) is 0 Å². The molecule has 1 amide bonds. The molecule has 0 saturated carbocycles. The molecule has 0 spiro atoms. The molecule has 4 heteroatoms. The molecule has 0 bridgehead atoms. The topological polar surface area (TPSA) is 47.6 Å². The van der Waals surface area contributed by atoms with Crippen LogP contribution in [-0.4, -0.2) is 25.7 Å². The normalized spacial score (nSPS) is 10.4. The molecule has 1 N–H and O–H groups in total. The molecule has 0 aromatic heterocycles. The van der Waals surface area contributed by atoms with Crippen molar-refractivity contribution in [3.63, 3.8) is 0 Å². The van der Waals surface area contributed by atoms with Crippen molar-refractivity contribution in [2.75, 3.05) is 19.8 Å². The summed E-state index contributed by atoms with van der Waals surface area (Å²) in [5.74, 6) is 1.72. The molecule has 0 fully saturated rings. The Kier molecular flexibility index (Phi) is 7.55. The van der Waals surface area contributed by atoms with Gasteiger partial charge in [0.25, 0.3) is 5.91 Å². The summed E-state index contributed by atoms with van der Waals surface area (Å²) >= 11 is 0. The minimum atomic E-state index is -0.0943. The SMILES string of the molecule is CCOc1ccccc1OCC(=O)NCC(CC)CC. The summed E-state index contributed by atoms with van der Waals surface area (Å²) in [6.45, 7) is 7.48. The van der Waals surface area contributed by atoms with Crippen LogP contribution >= 0.6 is 0 Å². The van der Waals surface area contributed by atoms with E-state index >= 15 is 0 Å². The van der Waals surface area contributed by atoms with Crippen LogP contribution in [0.3, 0.4) is 0 Å². The predicted molar refractivity (Wildman–Crippen MR) is 80.2 cm³/mol. The van der Waals surface area contributed by atoms with E-state index in [2.05, 4.69) is 19.2 Å². The van der Waals surface area contributed by atoms with Crippen molar-refractivity contribution in [3.05, 3.63) is 24.3 Å². The third-order valence-electron chi connectivity index (χ3n) is 3.25. The Balaban J connectivity index is 2.41. The molecule has 1 aromatic rings. The largest absolute Gasteiger partial charge is 0.490 e. The summed E-state index contributed by atoms with van der Waals surface area (Å²) < 4.78 is 11.0. The maximum absolute atomic E-state index is 11.7. The van der Waals surface area contributed by atoms with Gasteiger partial charge in [-0.1, -0.05) is 38.8 Å². The number of hydrogen-bond donors (Lipinski definition) is 1. The lowest BCUT2D eigenvalue weighted by molar-refractivity contribution is -0.123. The summed E-state index contributed by atoms with van der Waals surface area (Å²) in [6, 6.07) is 7.38. The highest BCUT2D eigenvalue weighted by atomic mass is 16.5. The fourth-order valence-electron chi connectivity index (χ4n) is 1.87. The summed E-state index contributed by atoms with van der Waals surface area (Å²) in [7, 11) is 0. The lowest BCUT2D eigenvalue weighted by Gasteiger charge is -2.14. The highest BCUT2D eigenvalue weighted by Crippen LogP contribution is 2.26. The monoisotopic (exact) mass is 279 g/mol. The first-order valence-electron chi connectivity index (χ1n) is 7.32. The number of rotatable bonds is 9. The molecular formula is C16H25NO3. The number of amides is 1. The number of carbonyl (C=O) groups is 1. The minimum Gasteiger partial charge on any atom is -0.490 e. The molecule has 0 atom stereocenters. The van der Waals surface area contributed by atoms with Crippen LogP contribution in [0.25, 0.3) is 0 Å². The van der Waals surface area contributed by atoms with E-state index in [0.717, 1.165) is 12.8 Å². The van der Waals surface area contributed by atoms with Crippen molar-refractivity contribution in [3.8, 4) is 11.5 Å². The fourth-order valence-corrected chi connectivity index (χ4v) is 1.87. The van der Waals surface area contributed by atoms with Crippen LogP contribution in [0.15, 0.2) is 24.3 Å². The van der Waals surface area contributed by atoms with Crippen molar-refractivity contribution in [1.29, 1.82) is 0 Å². The van der Waals surface area contributed by atoms with Crippen LogP contribution in [0.1, 0.15) is 33.6 Å². The Hall–Kier alpha value is -1.71. The Morgan fingerprint density at radius 2 is 1.70 bits per heavy atom. The molecule has 20 heavy (non-hydrogen) atoms. The lowest BCUT2D eigenvalue weighted by Crippen LogP contribution is -2.32. The van der Waals surface area contributed by atoms with Crippen molar-refractivity contribution >= 4 is 5.91 Å². The van der Waals surface area contributed by atoms with E-state index in [1.807, 2.05) is 25.1 Å². The molecule has 1 aromatic carbocycles. The zero-order chi connectivity index (χ0) is 14.8. The van der Waals surface area contributed by atoms with Crippen LogP contribution < -0.4 is 14.8 Å². The van der Waals surface area contributed by atoms with E-state index in [9.17, 15) is 4.79 Å². The molecule has 0 aliphatic rings. The number of para-hydroxylation sites is 2. The third-order valence-corrected chi connectivity index (χ3v) is 3.25. The molecule has 0 saturated heterocycles. The molecule has 112 valence electrons. The van der Waals surface area contributed by atoms with Crippen LogP contribution in [0.2, 0.25) is 0 Å². The van der Waals surface area contributed by atoms with Crippen LogP contribution in [0.5, 0.6) is 11.5 Å². The van der Waals surface area contributed by atoms with E-state index in [0.29, 0.717) is 30.6 Å². The maximum Gasteiger partial charge on any atom is 0.257 e. The molecule has 0 aliphatic heterocycles. The molecule has 0 aliphatic carbocycles. The second-order valence-corrected chi connectivity index (χ2v) is 4.66. The Morgan fingerprint density at radius 1 is 1.10 bits per heavy atom. The van der Waals surface area contributed by atoms with Gasteiger partial charge in [0.05, 0.1) is 6.61 Å². The van der Waals surface area contributed by atoms with Gasteiger partial charge in [-0.25, -0.2) is 0 Å². The first-order valence-corrected chi connectivity index (χ1v) is 7.32. The first-order chi connectivity index (χ1) is 9.71. The zero-order valence-electron chi connectivity index (χ0n) is 12.6. The number of nitrogens with one attached hydrogen (secondary N) is 1. The van der Waals surface area contributed by atoms with E-state index in [1.165, 1.54) is 0 Å². The van der Waals surface area contributed by atoms with Crippen molar-refractivity contribution in [1.82, 2.24) is 5.32 Å². The summed E-state index contributed by atoms with van der Waals surface area (Å²) in [4.78, 5) is 11.7. The smallest absolute Gasteiger partial charge is 0.257 e. The van der Waals surface area contributed by atoms with Crippen LogP contribution in [-0.2, 0) is 4.79 Å². The fraction of sp³-hybridized carbons (Fsp3) is 0.562. The lowest BCUT2D eigenvalue weighted by atomic mass is 10.0. The van der Waals surface area contributed by atoms with Gasteiger partial charge >= 0.3 is 0 Å². The molecule has 0 radical (unpaired) electrons. The quantitative estimate of drug-likeness (QED) is 0.756. The third kappa shape index (κ3) is 5.51.